The number of rotatable bonds is 4. The minimum Gasteiger partial charge on any atom is -0.504 e. The molecule has 6 heteroatoms. The first-order valence-electron chi connectivity index (χ1n) is 11.1. The summed E-state index contributed by atoms with van der Waals surface area (Å²) in [5, 5.41) is 10.0. The maximum atomic E-state index is 13.7. The topological polar surface area (TPSA) is 70.1 Å². The number of piperazine rings is 1. The Balaban J connectivity index is 1.71. The number of carbonyl (C=O) groups is 2. The first kappa shape index (κ1) is 20.0. The Bertz CT molecular complexity index is 753. The average Bonchev–Trinajstić information content (AvgIpc) is 2.76. The number of nitrogens with zero attached hydrogens (tertiary/aromatic N) is 2. The number of methoxy groups -OCH3 is 1. The molecule has 0 bridgehead atoms. The number of benzene rings is 1. The number of hydrogen-bond acceptors (Lipinski definition) is 4. The lowest BCUT2D eigenvalue weighted by Gasteiger charge is -2.48. The summed E-state index contributed by atoms with van der Waals surface area (Å²) in [6, 6.07) is 4.67. The van der Waals surface area contributed by atoms with Crippen molar-refractivity contribution in [1.29, 1.82) is 0 Å². The summed E-state index contributed by atoms with van der Waals surface area (Å²) in [7, 11) is 1.50. The van der Waals surface area contributed by atoms with Crippen molar-refractivity contribution in [3.05, 3.63) is 23.8 Å². The highest BCUT2D eigenvalue weighted by Crippen LogP contribution is 2.39. The molecule has 1 unspecified atom stereocenters. The van der Waals surface area contributed by atoms with Crippen LogP contribution in [0.5, 0.6) is 11.5 Å². The minimum absolute atomic E-state index is 0.0230. The van der Waals surface area contributed by atoms with Gasteiger partial charge in [0.05, 0.1) is 7.11 Å². The first-order chi connectivity index (χ1) is 14.1. The molecule has 1 N–H and O–H groups in total. The van der Waals surface area contributed by atoms with Crippen LogP contribution < -0.4 is 4.74 Å². The maximum absolute atomic E-state index is 13.7. The zero-order valence-electron chi connectivity index (χ0n) is 17.3. The smallest absolute Gasteiger partial charge is 0.250 e. The maximum Gasteiger partial charge on any atom is 0.250 e. The zero-order chi connectivity index (χ0) is 20.4. The molecule has 1 atom stereocenters. The van der Waals surface area contributed by atoms with E-state index in [-0.39, 0.29) is 36.2 Å². The Morgan fingerprint density at radius 1 is 0.931 bits per heavy atom. The average molecular weight is 401 g/mol. The molecular weight excluding hydrogens is 368 g/mol. The third kappa shape index (κ3) is 3.94. The van der Waals surface area contributed by atoms with Gasteiger partial charge in [0, 0.05) is 12.1 Å². The highest BCUT2D eigenvalue weighted by molar-refractivity contribution is 5.96. The summed E-state index contributed by atoms with van der Waals surface area (Å²) in [5.74, 6) is 0.453. The van der Waals surface area contributed by atoms with E-state index in [2.05, 4.69) is 0 Å². The fourth-order valence-corrected chi connectivity index (χ4v) is 5.37. The number of phenols is 1. The van der Waals surface area contributed by atoms with Crippen LogP contribution in [0.25, 0.3) is 0 Å². The van der Waals surface area contributed by atoms with Gasteiger partial charge in [0.15, 0.2) is 11.5 Å². The van der Waals surface area contributed by atoms with Gasteiger partial charge in [-0.25, -0.2) is 0 Å². The van der Waals surface area contributed by atoms with Crippen LogP contribution in [-0.2, 0) is 9.59 Å². The SMILES string of the molecule is COc1cc(C2C(=O)N(C3CCCCC3)CC(=O)N2C2CCCCC2)ccc1O. The second kappa shape index (κ2) is 8.64. The second-order valence-electron chi connectivity index (χ2n) is 8.68. The van der Waals surface area contributed by atoms with Gasteiger partial charge in [-0.15, -0.1) is 0 Å². The van der Waals surface area contributed by atoms with Crippen molar-refractivity contribution in [2.45, 2.75) is 82.3 Å². The minimum atomic E-state index is -0.629. The van der Waals surface area contributed by atoms with Crippen LogP contribution in [0.15, 0.2) is 18.2 Å². The molecule has 6 nitrogen and oxygen atoms in total. The molecule has 3 aliphatic rings. The molecule has 1 heterocycles. The molecule has 0 radical (unpaired) electrons. The van der Waals surface area contributed by atoms with E-state index in [1.165, 1.54) is 20.0 Å². The van der Waals surface area contributed by atoms with E-state index in [9.17, 15) is 14.7 Å². The van der Waals surface area contributed by atoms with Crippen molar-refractivity contribution in [2.75, 3.05) is 13.7 Å². The molecule has 1 aromatic rings. The summed E-state index contributed by atoms with van der Waals surface area (Å²) < 4.78 is 5.28. The van der Waals surface area contributed by atoms with E-state index in [1.807, 2.05) is 9.80 Å². The standard InChI is InChI=1S/C23H32N2O4/c1-29-20-14-16(12-13-19(20)26)22-23(28)24(17-8-4-2-5-9-17)15-21(27)25(22)18-10-6-3-7-11-18/h12-14,17-18,22,26H,2-11,15H2,1H3. The third-order valence-corrected chi connectivity index (χ3v) is 6.89. The highest BCUT2D eigenvalue weighted by atomic mass is 16.5. The van der Waals surface area contributed by atoms with Gasteiger partial charge in [0.2, 0.25) is 5.91 Å². The fourth-order valence-electron chi connectivity index (χ4n) is 5.37. The Labute approximate surface area is 172 Å². The largest absolute Gasteiger partial charge is 0.504 e. The summed E-state index contributed by atoms with van der Waals surface area (Å²) >= 11 is 0. The van der Waals surface area contributed by atoms with Crippen molar-refractivity contribution in [2.24, 2.45) is 0 Å². The number of hydrogen-bond donors (Lipinski definition) is 1. The van der Waals surface area contributed by atoms with E-state index in [1.54, 1.807) is 18.2 Å². The van der Waals surface area contributed by atoms with Gasteiger partial charge < -0.3 is 19.6 Å². The monoisotopic (exact) mass is 400 g/mol. The van der Waals surface area contributed by atoms with E-state index in [0.29, 0.717) is 5.75 Å². The van der Waals surface area contributed by atoms with Crippen LogP contribution in [0.1, 0.15) is 75.8 Å². The molecular formula is C23H32N2O4. The van der Waals surface area contributed by atoms with Crippen LogP contribution >= 0.6 is 0 Å². The Morgan fingerprint density at radius 3 is 2.17 bits per heavy atom. The zero-order valence-corrected chi connectivity index (χ0v) is 17.3. The summed E-state index contributed by atoms with van der Waals surface area (Å²) in [6.07, 6.45) is 10.7. The lowest BCUT2D eigenvalue weighted by atomic mass is 9.88. The van der Waals surface area contributed by atoms with Gasteiger partial charge in [-0.3, -0.25) is 9.59 Å². The van der Waals surface area contributed by atoms with Crippen molar-refractivity contribution >= 4 is 11.8 Å². The van der Waals surface area contributed by atoms with Crippen LogP contribution in [0, 0.1) is 0 Å². The predicted octanol–water partition coefficient (Wildman–Crippen LogP) is 3.78. The van der Waals surface area contributed by atoms with Gasteiger partial charge in [-0.2, -0.15) is 0 Å². The van der Waals surface area contributed by atoms with Gasteiger partial charge in [0.25, 0.3) is 5.91 Å². The van der Waals surface area contributed by atoms with E-state index in [4.69, 9.17) is 4.74 Å². The number of amides is 2. The molecule has 4 rings (SSSR count). The van der Waals surface area contributed by atoms with Crippen LogP contribution in [0.2, 0.25) is 0 Å². The summed E-state index contributed by atoms with van der Waals surface area (Å²) in [4.78, 5) is 30.8. The Kier molecular flexibility index (Phi) is 5.97. The molecule has 158 valence electrons. The van der Waals surface area contributed by atoms with E-state index < -0.39 is 6.04 Å². The molecule has 1 aliphatic heterocycles. The predicted molar refractivity (Wildman–Crippen MR) is 110 cm³/mol. The molecule has 3 fully saturated rings. The number of ether oxygens (including phenoxy) is 1. The molecule has 2 saturated carbocycles. The van der Waals surface area contributed by atoms with Crippen LogP contribution in [0.4, 0.5) is 0 Å². The fraction of sp³-hybridized carbons (Fsp3) is 0.652. The molecule has 1 aromatic carbocycles. The van der Waals surface area contributed by atoms with Crippen LogP contribution in [0.3, 0.4) is 0 Å². The van der Waals surface area contributed by atoms with Crippen LogP contribution in [-0.4, -0.2) is 52.5 Å². The molecule has 0 aromatic heterocycles. The van der Waals surface area contributed by atoms with Crippen molar-refractivity contribution in [1.82, 2.24) is 9.80 Å². The van der Waals surface area contributed by atoms with Gasteiger partial charge >= 0.3 is 0 Å². The normalized spacial score (nSPS) is 24.8. The summed E-state index contributed by atoms with van der Waals surface area (Å²) in [5.41, 5.74) is 0.726. The molecule has 1 saturated heterocycles. The molecule has 2 amide bonds. The van der Waals surface area contributed by atoms with E-state index in [0.717, 1.165) is 56.9 Å². The molecule has 2 aliphatic carbocycles. The van der Waals surface area contributed by atoms with Gasteiger partial charge in [0.1, 0.15) is 12.6 Å². The molecule has 0 spiro atoms. The Hall–Kier alpha value is -2.24. The highest BCUT2D eigenvalue weighted by Gasteiger charge is 2.45. The first-order valence-corrected chi connectivity index (χ1v) is 11.1. The molecule has 29 heavy (non-hydrogen) atoms. The summed E-state index contributed by atoms with van der Waals surface area (Å²) in [6.45, 7) is 0.200. The number of phenolic OH excluding ortho intramolecular Hbond substituents is 1. The van der Waals surface area contributed by atoms with Gasteiger partial charge in [-0.1, -0.05) is 44.6 Å². The van der Waals surface area contributed by atoms with Crippen molar-refractivity contribution in [3.8, 4) is 11.5 Å². The quantitative estimate of drug-likeness (QED) is 0.835. The lowest BCUT2D eigenvalue weighted by molar-refractivity contribution is -0.162. The Morgan fingerprint density at radius 2 is 1.55 bits per heavy atom. The number of aromatic hydroxyl groups is 1. The third-order valence-electron chi connectivity index (χ3n) is 6.89. The van der Waals surface area contributed by atoms with Crippen molar-refractivity contribution < 1.29 is 19.4 Å². The lowest BCUT2D eigenvalue weighted by Crippen LogP contribution is -2.61. The van der Waals surface area contributed by atoms with Crippen molar-refractivity contribution in [3.63, 3.8) is 0 Å². The van der Waals surface area contributed by atoms with E-state index >= 15 is 0 Å². The number of carbonyl (C=O) groups excluding carboxylic acids is 2. The second-order valence-corrected chi connectivity index (χ2v) is 8.68. The van der Waals surface area contributed by atoms with Gasteiger partial charge in [-0.05, 0) is 43.4 Å².